The van der Waals surface area contributed by atoms with E-state index in [0.717, 1.165) is 28.8 Å². The summed E-state index contributed by atoms with van der Waals surface area (Å²) in [6.07, 6.45) is 2.35. The highest BCUT2D eigenvalue weighted by molar-refractivity contribution is 7.18. The van der Waals surface area contributed by atoms with E-state index < -0.39 is 0 Å². The molecule has 3 rings (SSSR count). The van der Waals surface area contributed by atoms with E-state index in [9.17, 15) is 0 Å². The molecule has 4 nitrogen and oxygen atoms in total. The zero-order chi connectivity index (χ0) is 13.1. The van der Waals surface area contributed by atoms with Gasteiger partial charge in [0, 0.05) is 24.7 Å². The highest BCUT2D eigenvalue weighted by atomic mass is 35.5. The monoisotopic (exact) mass is 346 g/mol. The number of anilines is 1. The fraction of sp³-hybridized carbons (Fsp3) is 0.429. The molecule has 0 unspecified atom stereocenters. The molecule has 1 aromatic heterocycles. The average Bonchev–Trinajstić information content (AvgIpc) is 2.98. The van der Waals surface area contributed by atoms with Crippen molar-refractivity contribution in [2.45, 2.75) is 18.9 Å². The maximum absolute atomic E-state index is 4.34. The van der Waals surface area contributed by atoms with Gasteiger partial charge in [-0.1, -0.05) is 41.7 Å². The molecular formula is C14H20Cl2N4S. The van der Waals surface area contributed by atoms with Crippen molar-refractivity contribution in [1.82, 2.24) is 15.5 Å². The molecule has 0 bridgehead atoms. The standard InChI is InChI=1S/C14H18N4S.2ClH/c1-15-12-7-9-18(10-8-12)14-17-16-13(19-14)11-5-3-2-4-6-11;;/h2-6,12,15H,7-10H2,1H3;2*1H. The van der Waals surface area contributed by atoms with Crippen LogP contribution in [0.15, 0.2) is 30.3 Å². The average molecular weight is 347 g/mol. The summed E-state index contributed by atoms with van der Waals surface area (Å²) in [5.41, 5.74) is 1.15. The molecule has 0 spiro atoms. The summed E-state index contributed by atoms with van der Waals surface area (Å²) in [6, 6.07) is 10.9. The highest BCUT2D eigenvalue weighted by Crippen LogP contribution is 2.29. The van der Waals surface area contributed by atoms with E-state index in [0.29, 0.717) is 6.04 Å². The van der Waals surface area contributed by atoms with E-state index in [1.54, 1.807) is 11.3 Å². The molecule has 0 aliphatic carbocycles. The summed E-state index contributed by atoms with van der Waals surface area (Å²) in [4.78, 5) is 2.35. The quantitative estimate of drug-likeness (QED) is 0.926. The summed E-state index contributed by atoms with van der Waals surface area (Å²) in [5, 5.41) is 14.1. The largest absolute Gasteiger partial charge is 0.347 e. The van der Waals surface area contributed by atoms with Gasteiger partial charge in [0.2, 0.25) is 5.13 Å². The molecule has 0 radical (unpaired) electrons. The van der Waals surface area contributed by atoms with Gasteiger partial charge in [-0.2, -0.15) is 0 Å². The minimum Gasteiger partial charge on any atom is -0.347 e. The summed E-state index contributed by atoms with van der Waals surface area (Å²) in [6.45, 7) is 2.13. The van der Waals surface area contributed by atoms with Gasteiger partial charge >= 0.3 is 0 Å². The Morgan fingerprint density at radius 1 is 1.10 bits per heavy atom. The van der Waals surface area contributed by atoms with Crippen LogP contribution in [0.25, 0.3) is 10.6 Å². The molecule has 1 aliphatic heterocycles. The Bertz CT molecular complexity index is 527. The number of hydrogen-bond donors (Lipinski definition) is 1. The van der Waals surface area contributed by atoms with Gasteiger partial charge in [-0.25, -0.2) is 0 Å². The topological polar surface area (TPSA) is 41.0 Å². The van der Waals surface area contributed by atoms with Crippen LogP contribution in [0.4, 0.5) is 5.13 Å². The summed E-state index contributed by atoms with van der Waals surface area (Å²) < 4.78 is 0. The van der Waals surface area contributed by atoms with Gasteiger partial charge < -0.3 is 10.2 Å². The second-order valence-electron chi connectivity index (χ2n) is 4.81. The Morgan fingerprint density at radius 2 is 1.76 bits per heavy atom. The Labute approximate surface area is 141 Å². The van der Waals surface area contributed by atoms with Crippen LogP contribution in [-0.2, 0) is 0 Å². The second kappa shape index (κ2) is 8.54. The van der Waals surface area contributed by atoms with Crippen LogP contribution >= 0.6 is 36.2 Å². The molecule has 2 heterocycles. The predicted molar refractivity (Wildman–Crippen MR) is 94.1 cm³/mol. The van der Waals surface area contributed by atoms with E-state index in [4.69, 9.17) is 0 Å². The van der Waals surface area contributed by atoms with Crippen molar-refractivity contribution in [2.75, 3.05) is 25.0 Å². The van der Waals surface area contributed by atoms with Crippen molar-refractivity contribution in [3.05, 3.63) is 30.3 Å². The molecule has 116 valence electrons. The Morgan fingerprint density at radius 3 is 2.38 bits per heavy atom. The molecule has 1 saturated heterocycles. The normalized spacial score (nSPS) is 15.2. The molecule has 0 atom stereocenters. The fourth-order valence-electron chi connectivity index (χ4n) is 2.40. The summed E-state index contributed by atoms with van der Waals surface area (Å²) in [7, 11) is 2.04. The lowest BCUT2D eigenvalue weighted by molar-refractivity contribution is 0.442. The molecule has 21 heavy (non-hydrogen) atoms. The Kier molecular flexibility index (Phi) is 7.39. The predicted octanol–water partition coefficient (Wildman–Crippen LogP) is 3.24. The van der Waals surface area contributed by atoms with Gasteiger partial charge in [0.25, 0.3) is 0 Å². The van der Waals surface area contributed by atoms with Crippen LogP contribution in [0.3, 0.4) is 0 Å². The van der Waals surface area contributed by atoms with Crippen LogP contribution in [0.5, 0.6) is 0 Å². The van der Waals surface area contributed by atoms with Gasteiger partial charge in [0.15, 0.2) is 0 Å². The van der Waals surface area contributed by atoms with Crippen molar-refractivity contribution in [2.24, 2.45) is 0 Å². The minimum atomic E-state index is 0. The SMILES string of the molecule is CNC1CCN(c2nnc(-c3ccccc3)s2)CC1.Cl.Cl. The maximum atomic E-state index is 4.34. The van der Waals surface area contributed by atoms with E-state index in [1.807, 2.05) is 25.2 Å². The van der Waals surface area contributed by atoms with Crippen molar-refractivity contribution in [3.63, 3.8) is 0 Å². The Hall–Kier alpha value is -0.880. The fourth-order valence-corrected chi connectivity index (χ4v) is 3.30. The number of nitrogens with zero attached hydrogens (tertiary/aromatic N) is 3. The number of hydrogen-bond acceptors (Lipinski definition) is 5. The lowest BCUT2D eigenvalue weighted by Gasteiger charge is -2.31. The van der Waals surface area contributed by atoms with Crippen LogP contribution in [0.2, 0.25) is 0 Å². The number of halogens is 2. The van der Waals surface area contributed by atoms with Crippen LogP contribution in [0, 0.1) is 0 Å². The zero-order valence-corrected chi connectivity index (χ0v) is 14.3. The molecule has 2 aromatic rings. The molecule has 1 aliphatic rings. The molecule has 7 heteroatoms. The second-order valence-corrected chi connectivity index (χ2v) is 5.76. The van der Waals surface area contributed by atoms with Crippen molar-refractivity contribution in [1.29, 1.82) is 0 Å². The first kappa shape index (κ1) is 18.2. The number of piperidine rings is 1. The van der Waals surface area contributed by atoms with Crippen molar-refractivity contribution in [3.8, 4) is 10.6 Å². The number of aromatic nitrogens is 2. The first-order chi connectivity index (χ1) is 9.36. The van der Waals surface area contributed by atoms with Gasteiger partial charge in [-0.15, -0.1) is 35.0 Å². The maximum Gasteiger partial charge on any atom is 0.208 e. The van der Waals surface area contributed by atoms with E-state index in [1.165, 1.54) is 12.8 Å². The van der Waals surface area contributed by atoms with Crippen LogP contribution < -0.4 is 10.2 Å². The molecule has 0 amide bonds. The number of benzene rings is 1. The van der Waals surface area contributed by atoms with E-state index >= 15 is 0 Å². The van der Waals surface area contributed by atoms with Gasteiger partial charge in [0.05, 0.1) is 0 Å². The summed E-state index contributed by atoms with van der Waals surface area (Å²) in [5.74, 6) is 0. The first-order valence-corrected chi connectivity index (χ1v) is 7.49. The molecule has 1 fully saturated rings. The molecule has 0 saturated carbocycles. The number of rotatable bonds is 3. The molecule has 1 N–H and O–H groups in total. The van der Waals surface area contributed by atoms with Gasteiger partial charge in [0.1, 0.15) is 5.01 Å². The first-order valence-electron chi connectivity index (χ1n) is 6.68. The lowest BCUT2D eigenvalue weighted by Crippen LogP contribution is -2.41. The summed E-state index contributed by atoms with van der Waals surface area (Å²) >= 11 is 1.68. The third-order valence-electron chi connectivity index (χ3n) is 3.61. The van der Waals surface area contributed by atoms with Crippen LogP contribution in [0.1, 0.15) is 12.8 Å². The van der Waals surface area contributed by atoms with E-state index in [2.05, 4.69) is 32.5 Å². The smallest absolute Gasteiger partial charge is 0.208 e. The third-order valence-corrected chi connectivity index (χ3v) is 4.64. The van der Waals surface area contributed by atoms with Gasteiger partial charge in [-0.05, 0) is 19.9 Å². The van der Waals surface area contributed by atoms with Gasteiger partial charge in [-0.3, -0.25) is 0 Å². The van der Waals surface area contributed by atoms with Crippen LogP contribution in [-0.4, -0.2) is 36.4 Å². The minimum absolute atomic E-state index is 0. The van der Waals surface area contributed by atoms with Crippen molar-refractivity contribution < 1.29 is 0 Å². The zero-order valence-electron chi connectivity index (χ0n) is 11.9. The highest BCUT2D eigenvalue weighted by Gasteiger charge is 2.20. The number of nitrogens with one attached hydrogen (secondary N) is 1. The Balaban J connectivity index is 0.00000110. The van der Waals surface area contributed by atoms with E-state index in [-0.39, 0.29) is 24.8 Å². The molecule has 1 aromatic carbocycles. The molecular weight excluding hydrogens is 327 g/mol. The third kappa shape index (κ3) is 4.30. The van der Waals surface area contributed by atoms with Crippen molar-refractivity contribution >= 4 is 41.3 Å². The lowest BCUT2D eigenvalue weighted by atomic mass is 10.1.